The van der Waals surface area contributed by atoms with Gasteiger partial charge in [-0.1, -0.05) is 102 Å². The van der Waals surface area contributed by atoms with Gasteiger partial charge < -0.3 is 14.8 Å². The SMILES string of the molecule is CCCCCCCCCCCCCCCC(=O)OCC(c1c[nH]c2ccc(CC=C(C)C)cc12)C(C)(C)O. The number of fused-ring (bicyclic) bond motifs is 1. The molecule has 0 aliphatic rings. The van der Waals surface area contributed by atoms with Crippen LogP contribution in [0, 0.1) is 0 Å². The smallest absolute Gasteiger partial charge is 0.305 e. The lowest BCUT2D eigenvalue weighted by molar-refractivity contribution is -0.145. The minimum absolute atomic E-state index is 0.161. The van der Waals surface area contributed by atoms with Crippen molar-refractivity contribution in [1.29, 1.82) is 0 Å². The molecular weight excluding hydrogens is 470 g/mol. The minimum atomic E-state index is -1.01. The Morgan fingerprint density at radius 1 is 0.947 bits per heavy atom. The molecule has 0 saturated carbocycles. The molecule has 1 aromatic heterocycles. The first-order valence-corrected chi connectivity index (χ1v) is 15.3. The van der Waals surface area contributed by atoms with Crippen LogP contribution >= 0.6 is 0 Å². The maximum atomic E-state index is 12.5. The van der Waals surface area contributed by atoms with E-state index >= 15 is 0 Å². The lowest BCUT2D eigenvalue weighted by Crippen LogP contribution is -2.33. The van der Waals surface area contributed by atoms with Crippen molar-refractivity contribution in [2.75, 3.05) is 6.61 Å². The van der Waals surface area contributed by atoms with Crippen LogP contribution < -0.4 is 0 Å². The monoisotopic (exact) mass is 525 g/mol. The standard InChI is InChI=1S/C34H55NO3/c1-6-7-8-9-10-11-12-13-14-15-16-17-18-19-33(36)38-26-31(34(4,5)37)30-25-35-32-23-22-28(24-29(30)32)21-20-27(2)3/h20,22-25,31,35,37H,6-19,21,26H2,1-5H3. The van der Waals surface area contributed by atoms with E-state index in [1.807, 2.05) is 6.20 Å². The number of esters is 1. The second kappa shape index (κ2) is 17.5. The maximum Gasteiger partial charge on any atom is 0.305 e. The zero-order chi connectivity index (χ0) is 27.8. The summed E-state index contributed by atoms with van der Waals surface area (Å²) >= 11 is 0. The molecule has 0 aliphatic carbocycles. The molecule has 4 heteroatoms. The van der Waals surface area contributed by atoms with Crippen LogP contribution in [0.15, 0.2) is 36.0 Å². The summed E-state index contributed by atoms with van der Waals surface area (Å²) in [6.07, 6.45) is 22.3. The number of rotatable bonds is 20. The number of aromatic amines is 1. The number of carbonyl (C=O) groups is 1. The van der Waals surface area contributed by atoms with Gasteiger partial charge in [-0.15, -0.1) is 0 Å². The van der Waals surface area contributed by atoms with Crippen molar-refractivity contribution < 1.29 is 14.6 Å². The van der Waals surface area contributed by atoms with Gasteiger partial charge in [0.25, 0.3) is 0 Å². The number of ether oxygens (including phenoxy) is 1. The van der Waals surface area contributed by atoms with Crippen molar-refractivity contribution in [3.63, 3.8) is 0 Å². The molecule has 214 valence electrons. The van der Waals surface area contributed by atoms with Gasteiger partial charge in [-0.3, -0.25) is 4.79 Å². The fourth-order valence-electron chi connectivity index (χ4n) is 5.14. The molecule has 0 saturated heterocycles. The van der Waals surface area contributed by atoms with Crippen LogP contribution in [0.4, 0.5) is 0 Å². The fraction of sp³-hybridized carbons (Fsp3) is 0.676. The van der Waals surface area contributed by atoms with Crippen LogP contribution in [0.5, 0.6) is 0 Å². The number of benzene rings is 1. The van der Waals surface area contributed by atoms with E-state index in [4.69, 9.17) is 4.74 Å². The average Bonchev–Trinajstić information content (AvgIpc) is 3.27. The van der Waals surface area contributed by atoms with Crippen LogP contribution in [0.1, 0.15) is 142 Å². The van der Waals surface area contributed by atoms with E-state index in [0.717, 1.165) is 35.7 Å². The molecule has 0 bridgehead atoms. The molecule has 0 fully saturated rings. The molecule has 1 unspecified atom stereocenters. The van der Waals surface area contributed by atoms with Crippen LogP contribution in [-0.2, 0) is 16.0 Å². The van der Waals surface area contributed by atoms with Gasteiger partial charge in [0.1, 0.15) is 6.61 Å². The molecule has 2 rings (SSSR count). The Balaban J connectivity index is 1.72. The first-order valence-electron chi connectivity index (χ1n) is 15.3. The number of hydrogen-bond donors (Lipinski definition) is 2. The van der Waals surface area contributed by atoms with E-state index in [2.05, 4.69) is 50.0 Å². The molecule has 0 spiro atoms. The van der Waals surface area contributed by atoms with Gasteiger partial charge in [-0.25, -0.2) is 0 Å². The summed E-state index contributed by atoms with van der Waals surface area (Å²) in [5.41, 5.74) is 3.55. The van der Waals surface area contributed by atoms with Crippen molar-refractivity contribution in [3.8, 4) is 0 Å². The van der Waals surface area contributed by atoms with E-state index in [1.54, 1.807) is 13.8 Å². The topological polar surface area (TPSA) is 62.3 Å². The Bertz CT molecular complexity index is 962. The second-order valence-corrected chi connectivity index (χ2v) is 12.0. The summed E-state index contributed by atoms with van der Waals surface area (Å²) in [5.74, 6) is -0.461. The van der Waals surface area contributed by atoms with Crippen molar-refractivity contribution in [2.24, 2.45) is 0 Å². The molecule has 4 nitrogen and oxygen atoms in total. The van der Waals surface area contributed by atoms with Gasteiger partial charge in [0.15, 0.2) is 0 Å². The minimum Gasteiger partial charge on any atom is -0.465 e. The summed E-state index contributed by atoms with van der Waals surface area (Å²) in [7, 11) is 0. The Hall–Kier alpha value is -2.07. The molecule has 1 aromatic carbocycles. The Kier molecular flexibility index (Phi) is 14.8. The molecule has 1 heterocycles. The Morgan fingerprint density at radius 2 is 1.53 bits per heavy atom. The Morgan fingerprint density at radius 3 is 2.08 bits per heavy atom. The highest BCUT2D eigenvalue weighted by atomic mass is 16.5. The third-order valence-electron chi connectivity index (χ3n) is 7.65. The molecule has 2 N–H and O–H groups in total. The van der Waals surface area contributed by atoms with Gasteiger partial charge >= 0.3 is 5.97 Å². The largest absolute Gasteiger partial charge is 0.465 e. The van der Waals surface area contributed by atoms with Crippen LogP contribution in [-0.4, -0.2) is 28.3 Å². The number of hydrogen-bond acceptors (Lipinski definition) is 3. The summed E-state index contributed by atoms with van der Waals surface area (Å²) in [5, 5.41) is 12.0. The normalized spacial score (nSPS) is 12.6. The predicted octanol–water partition coefficient (Wildman–Crippen LogP) is 9.56. The van der Waals surface area contributed by atoms with E-state index in [-0.39, 0.29) is 18.5 Å². The van der Waals surface area contributed by atoms with Crippen LogP contribution in [0.2, 0.25) is 0 Å². The average molecular weight is 526 g/mol. The number of aliphatic hydroxyl groups is 1. The first kappa shape index (κ1) is 32.1. The number of carbonyl (C=O) groups excluding carboxylic acids is 1. The van der Waals surface area contributed by atoms with Crippen LogP contribution in [0.25, 0.3) is 10.9 Å². The van der Waals surface area contributed by atoms with Crippen molar-refractivity contribution in [2.45, 2.75) is 142 Å². The van der Waals surface area contributed by atoms with Gasteiger partial charge in [-0.2, -0.15) is 0 Å². The number of nitrogens with one attached hydrogen (secondary N) is 1. The fourth-order valence-corrected chi connectivity index (χ4v) is 5.14. The first-order chi connectivity index (χ1) is 18.2. The summed E-state index contributed by atoms with van der Waals surface area (Å²) in [4.78, 5) is 15.8. The Labute approximate surface area is 232 Å². The van der Waals surface area contributed by atoms with Crippen molar-refractivity contribution >= 4 is 16.9 Å². The molecule has 0 radical (unpaired) electrons. The summed E-state index contributed by atoms with van der Waals surface area (Å²) in [6.45, 7) is 10.3. The van der Waals surface area contributed by atoms with Gasteiger partial charge in [0.05, 0.1) is 5.60 Å². The zero-order valence-electron chi connectivity index (χ0n) is 25.0. The molecule has 38 heavy (non-hydrogen) atoms. The third-order valence-corrected chi connectivity index (χ3v) is 7.65. The van der Waals surface area contributed by atoms with Gasteiger partial charge in [0, 0.05) is 29.4 Å². The van der Waals surface area contributed by atoms with E-state index in [0.29, 0.717) is 6.42 Å². The number of aromatic nitrogens is 1. The molecule has 2 aromatic rings. The summed E-state index contributed by atoms with van der Waals surface area (Å²) in [6, 6.07) is 6.42. The molecule has 0 amide bonds. The quantitative estimate of drug-likeness (QED) is 0.103. The molecule has 1 atom stereocenters. The number of H-pyrrole nitrogens is 1. The molecule has 0 aliphatic heterocycles. The van der Waals surface area contributed by atoms with E-state index in [9.17, 15) is 9.90 Å². The van der Waals surface area contributed by atoms with Crippen LogP contribution in [0.3, 0.4) is 0 Å². The maximum absolute atomic E-state index is 12.5. The predicted molar refractivity (Wildman–Crippen MR) is 162 cm³/mol. The molecular formula is C34H55NO3. The highest BCUT2D eigenvalue weighted by Crippen LogP contribution is 2.34. The lowest BCUT2D eigenvalue weighted by atomic mass is 9.85. The van der Waals surface area contributed by atoms with E-state index in [1.165, 1.54) is 81.8 Å². The third kappa shape index (κ3) is 12.2. The second-order valence-electron chi connectivity index (χ2n) is 12.0. The highest BCUT2D eigenvalue weighted by Gasteiger charge is 2.31. The lowest BCUT2D eigenvalue weighted by Gasteiger charge is -2.29. The number of allylic oxidation sites excluding steroid dienone is 2. The van der Waals surface area contributed by atoms with Gasteiger partial charge in [-0.05, 0) is 63.8 Å². The van der Waals surface area contributed by atoms with Crippen molar-refractivity contribution in [1.82, 2.24) is 4.98 Å². The zero-order valence-corrected chi connectivity index (χ0v) is 25.0. The number of unbranched alkanes of at least 4 members (excludes halogenated alkanes) is 12. The van der Waals surface area contributed by atoms with E-state index < -0.39 is 5.60 Å². The van der Waals surface area contributed by atoms with Crippen molar-refractivity contribution in [3.05, 3.63) is 47.2 Å². The summed E-state index contributed by atoms with van der Waals surface area (Å²) < 4.78 is 5.70. The van der Waals surface area contributed by atoms with Gasteiger partial charge in [0.2, 0.25) is 0 Å². The highest BCUT2D eigenvalue weighted by molar-refractivity contribution is 5.84.